The smallest absolute Gasteiger partial charge is 0.277 e. The van der Waals surface area contributed by atoms with Crippen LogP contribution in [0.1, 0.15) is 39.5 Å². The van der Waals surface area contributed by atoms with Gasteiger partial charge in [-0.2, -0.15) is 5.10 Å². The molecule has 1 aromatic carbocycles. The number of nitrogens with one attached hydrogen (secondary N) is 2. The Labute approximate surface area is 132 Å². The Morgan fingerprint density at radius 3 is 2.91 bits per heavy atom. The van der Waals surface area contributed by atoms with Crippen LogP contribution in [0.4, 0.5) is 0 Å². The Morgan fingerprint density at radius 1 is 1.41 bits per heavy atom. The first-order chi connectivity index (χ1) is 10.5. The van der Waals surface area contributed by atoms with Gasteiger partial charge in [-0.15, -0.1) is 0 Å². The van der Waals surface area contributed by atoms with E-state index in [-0.39, 0.29) is 23.4 Å². The monoisotopic (exact) mass is 317 g/mol. The first-order valence-electron chi connectivity index (χ1n) is 7.09. The molecule has 1 saturated carbocycles. The van der Waals surface area contributed by atoms with Gasteiger partial charge in [0.15, 0.2) is 0 Å². The zero-order valence-corrected chi connectivity index (χ0v) is 13.1. The van der Waals surface area contributed by atoms with E-state index in [0.717, 1.165) is 12.0 Å². The second kappa shape index (κ2) is 5.57. The highest BCUT2D eigenvalue weighted by Crippen LogP contribution is 2.41. The minimum atomic E-state index is -0.458. The minimum Gasteiger partial charge on any atom is -0.348 e. The molecule has 0 aliphatic heterocycles. The molecule has 1 amide bonds. The van der Waals surface area contributed by atoms with Gasteiger partial charge >= 0.3 is 0 Å². The summed E-state index contributed by atoms with van der Waals surface area (Å²) in [5, 5.41) is 9.81. The van der Waals surface area contributed by atoms with Gasteiger partial charge < -0.3 is 5.32 Å². The summed E-state index contributed by atoms with van der Waals surface area (Å²) in [5.41, 5.74) is 2.05. The standard InChI is InChI=1S/C16H16ClN3O2/c1-8-9(2)19-20-16(22)14(8)15(21)18-13-7-12(13)10-4-3-5-11(17)6-10/h3-6,12-13H,7H2,1-2H3,(H,18,21)(H,20,22)/t12-,13+/m1/s1. The zero-order chi connectivity index (χ0) is 15.9. The van der Waals surface area contributed by atoms with Gasteiger partial charge in [-0.3, -0.25) is 9.59 Å². The number of aromatic nitrogens is 2. The van der Waals surface area contributed by atoms with Crippen LogP contribution in [0.3, 0.4) is 0 Å². The molecule has 6 heteroatoms. The second-order valence-corrected chi connectivity index (χ2v) is 6.05. The van der Waals surface area contributed by atoms with Crippen LogP contribution in [0.2, 0.25) is 5.02 Å². The van der Waals surface area contributed by atoms with Gasteiger partial charge in [0.2, 0.25) is 0 Å². The Balaban J connectivity index is 1.75. The van der Waals surface area contributed by atoms with Crippen LogP contribution < -0.4 is 10.9 Å². The van der Waals surface area contributed by atoms with Crippen molar-refractivity contribution in [1.82, 2.24) is 15.5 Å². The minimum absolute atomic E-state index is 0.0400. The number of nitrogens with zero attached hydrogens (tertiary/aromatic N) is 1. The van der Waals surface area contributed by atoms with E-state index in [4.69, 9.17) is 11.6 Å². The van der Waals surface area contributed by atoms with Gasteiger partial charge in [0.1, 0.15) is 5.56 Å². The predicted molar refractivity (Wildman–Crippen MR) is 84.4 cm³/mol. The number of aromatic amines is 1. The zero-order valence-electron chi connectivity index (χ0n) is 12.3. The summed E-state index contributed by atoms with van der Waals surface area (Å²) in [6.45, 7) is 3.49. The number of benzene rings is 1. The van der Waals surface area contributed by atoms with Gasteiger partial charge in [0.05, 0.1) is 5.69 Å². The number of amides is 1. The lowest BCUT2D eigenvalue weighted by Crippen LogP contribution is -2.33. The van der Waals surface area contributed by atoms with Crippen LogP contribution in [0.5, 0.6) is 0 Å². The van der Waals surface area contributed by atoms with Gasteiger partial charge in [-0.1, -0.05) is 23.7 Å². The van der Waals surface area contributed by atoms with Crippen molar-refractivity contribution in [1.29, 1.82) is 0 Å². The predicted octanol–water partition coefficient (Wildman–Crippen LogP) is 2.33. The van der Waals surface area contributed by atoms with E-state index in [0.29, 0.717) is 16.3 Å². The number of rotatable bonds is 3. The molecule has 5 nitrogen and oxygen atoms in total. The summed E-state index contributed by atoms with van der Waals surface area (Å²) < 4.78 is 0. The van der Waals surface area contributed by atoms with Gasteiger partial charge in [-0.25, -0.2) is 5.10 Å². The molecule has 2 N–H and O–H groups in total. The van der Waals surface area contributed by atoms with Gasteiger partial charge in [0.25, 0.3) is 11.5 Å². The van der Waals surface area contributed by atoms with E-state index in [1.807, 2.05) is 24.3 Å². The number of hydrogen-bond donors (Lipinski definition) is 2. The largest absolute Gasteiger partial charge is 0.348 e. The first kappa shape index (κ1) is 14.8. The topological polar surface area (TPSA) is 74.8 Å². The van der Waals surface area contributed by atoms with Crippen molar-refractivity contribution in [2.24, 2.45) is 0 Å². The molecule has 1 aromatic heterocycles. The lowest BCUT2D eigenvalue weighted by molar-refractivity contribution is 0.0947. The lowest BCUT2D eigenvalue weighted by Gasteiger charge is -2.08. The summed E-state index contributed by atoms with van der Waals surface area (Å²) in [7, 11) is 0. The average molecular weight is 318 g/mol. The van der Waals surface area contributed by atoms with E-state index in [9.17, 15) is 9.59 Å². The van der Waals surface area contributed by atoms with Gasteiger partial charge in [0, 0.05) is 17.0 Å². The maximum Gasteiger partial charge on any atom is 0.277 e. The number of carbonyl (C=O) groups excluding carboxylic acids is 1. The average Bonchev–Trinajstić information content (AvgIpc) is 3.22. The quantitative estimate of drug-likeness (QED) is 0.912. The SMILES string of the molecule is Cc1n[nH]c(=O)c(C(=O)N[C@H]2C[C@@H]2c2cccc(Cl)c2)c1C. The summed E-state index contributed by atoms with van der Waals surface area (Å²) >= 11 is 5.99. The fourth-order valence-electron chi connectivity index (χ4n) is 2.60. The fourth-order valence-corrected chi connectivity index (χ4v) is 2.80. The maximum absolute atomic E-state index is 12.3. The van der Waals surface area contributed by atoms with Crippen LogP contribution in [-0.4, -0.2) is 22.1 Å². The first-order valence-corrected chi connectivity index (χ1v) is 7.47. The van der Waals surface area contributed by atoms with Crippen molar-refractivity contribution in [3.8, 4) is 0 Å². The molecule has 2 aromatic rings. The third kappa shape index (κ3) is 2.76. The van der Waals surface area contributed by atoms with Crippen LogP contribution in [-0.2, 0) is 0 Å². The molecule has 1 aliphatic carbocycles. The Kier molecular flexibility index (Phi) is 3.74. The highest BCUT2D eigenvalue weighted by molar-refractivity contribution is 6.30. The summed E-state index contributed by atoms with van der Waals surface area (Å²) in [4.78, 5) is 24.2. The molecule has 22 heavy (non-hydrogen) atoms. The van der Waals surface area contributed by atoms with Crippen molar-refractivity contribution >= 4 is 17.5 Å². The van der Waals surface area contributed by atoms with Crippen molar-refractivity contribution in [3.05, 3.63) is 62.0 Å². The maximum atomic E-state index is 12.3. The molecule has 1 heterocycles. The second-order valence-electron chi connectivity index (χ2n) is 5.62. The molecule has 0 unspecified atom stereocenters. The summed E-state index contributed by atoms with van der Waals surface area (Å²) in [6.07, 6.45) is 0.854. The highest BCUT2D eigenvalue weighted by atomic mass is 35.5. The molecule has 0 spiro atoms. The normalized spacial score (nSPS) is 19.8. The van der Waals surface area contributed by atoms with E-state index in [1.54, 1.807) is 13.8 Å². The highest BCUT2D eigenvalue weighted by Gasteiger charge is 2.40. The Hall–Kier alpha value is -2.14. The Bertz CT molecular complexity index is 800. The summed E-state index contributed by atoms with van der Waals surface area (Å²) in [5.74, 6) is -0.0938. The van der Waals surface area contributed by atoms with Crippen molar-refractivity contribution in [2.75, 3.05) is 0 Å². The number of carbonyl (C=O) groups is 1. The van der Waals surface area contributed by atoms with E-state index in [2.05, 4.69) is 15.5 Å². The van der Waals surface area contributed by atoms with Crippen LogP contribution in [0.15, 0.2) is 29.1 Å². The van der Waals surface area contributed by atoms with Crippen molar-refractivity contribution < 1.29 is 4.79 Å². The third-order valence-electron chi connectivity index (χ3n) is 4.08. The van der Waals surface area contributed by atoms with E-state index >= 15 is 0 Å². The molecule has 1 aliphatic rings. The van der Waals surface area contributed by atoms with Crippen LogP contribution >= 0.6 is 11.6 Å². The van der Waals surface area contributed by atoms with E-state index < -0.39 is 5.56 Å². The molecule has 114 valence electrons. The van der Waals surface area contributed by atoms with Crippen LogP contribution in [0, 0.1) is 13.8 Å². The lowest BCUT2D eigenvalue weighted by atomic mass is 10.1. The number of halogens is 1. The van der Waals surface area contributed by atoms with Crippen LogP contribution in [0.25, 0.3) is 0 Å². The molecular formula is C16H16ClN3O2. The molecule has 0 radical (unpaired) electrons. The van der Waals surface area contributed by atoms with Crippen molar-refractivity contribution in [2.45, 2.75) is 32.2 Å². The number of hydrogen-bond acceptors (Lipinski definition) is 3. The van der Waals surface area contributed by atoms with Crippen molar-refractivity contribution in [3.63, 3.8) is 0 Å². The summed E-state index contributed by atoms with van der Waals surface area (Å²) in [6, 6.07) is 7.67. The molecule has 0 saturated heterocycles. The number of aryl methyl sites for hydroxylation is 1. The third-order valence-corrected chi connectivity index (χ3v) is 4.32. The molecule has 1 fully saturated rings. The molecule has 2 atom stereocenters. The van der Waals surface area contributed by atoms with Gasteiger partial charge in [-0.05, 0) is 43.5 Å². The molecular weight excluding hydrogens is 302 g/mol. The fraction of sp³-hybridized carbons (Fsp3) is 0.312. The Morgan fingerprint density at radius 2 is 2.18 bits per heavy atom. The number of H-pyrrole nitrogens is 1. The molecule has 3 rings (SSSR count). The van der Waals surface area contributed by atoms with E-state index in [1.165, 1.54) is 0 Å². The molecule has 0 bridgehead atoms.